The molecule has 3 rings (SSSR count). The molecule has 0 unspecified atom stereocenters. The molecule has 0 saturated carbocycles. The lowest BCUT2D eigenvalue weighted by molar-refractivity contribution is -0.757. The molecular weight excluding hydrogens is 522 g/mol. The summed E-state index contributed by atoms with van der Waals surface area (Å²) >= 11 is 0.809. The first-order chi connectivity index (χ1) is 17.0. The maximum Gasteiger partial charge on any atom is 0.307 e. The Morgan fingerprint density at radius 2 is 1.92 bits per heavy atom. The van der Waals surface area contributed by atoms with E-state index in [1.165, 1.54) is 18.2 Å². The molecule has 0 bridgehead atoms. The van der Waals surface area contributed by atoms with Gasteiger partial charge in [-0.05, 0) is 49.1 Å². The highest BCUT2D eigenvalue weighted by Crippen LogP contribution is 2.41. The van der Waals surface area contributed by atoms with Gasteiger partial charge in [0.25, 0.3) is 5.09 Å². The summed E-state index contributed by atoms with van der Waals surface area (Å²) in [5, 5.41) is 9.19. The molecule has 194 valence electrons. The van der Waals surface area contributed by atoms with Crippen molar-refractivity contribution in [2.24, 2.45) is 0 Å². The zero-order valence-electron chi connectivity index (χ0n) is 19.1. The Balaban J connectivity index is 1.84. The molecule has 0 fully saturated rings. The molecule has 10 nitrogen and oxygen atoms in total. The second kappa shape index (κ2) is 11.6. The van der Waals surface area contributed by atoms with Crippen LogP contribution in [-0.4, -0.2) is 44.9 Å². The van der Waals surface area contributed by atoms with Gasteiger partial charge in [-0.25, -0.2) is 21.5 Å². The minimum absolute atomic E-state index is 0.00503. The van der Waals surface area contributed by atoms with Gasteiger partial charge in [0.05, 0.1) is 18.6 Å². The predicted molar refractivity (Wildman–Crippen MR) is 125 cm³/mol. The summed E-state index contributed by atoms with van der Waals surface area (Å²) in [7, 11) is -4.01. The molecule has 0 N–H and O–H groups in total. The number of anilines is 1. The lowest BCUT2D eigenvalue weighted by atomic mass is 10.1. The van der Waals surface area contributed by atoms with Crippen LogP contribution in [0.2, 0.25) is 0 Å². The number of nitrogens with zero attached hydrogens (tertiary/aromatic N) is 2. The fraction of sp³-hybridized carbons (Fsp3) is 0.364. The largest absolute Gasteiger partial charge is 0.443 e. The van der Waals surface area contributed by atoms with Crippen molar-refractivity contribution < 1.29 is 41.4 Å². The number of Topliss-reactive ketones (excluding diaryl/α,β-unsaturated/α-hetero) is 1. The number of ether oxygens (including phenoxy) is 1. The van der Waals surface area contributed by atoms with Gasteiger partial charge in [-0.1, -0.05) is 11.8 Å². The van der Waals surface area contributed by atoms with Crippen LogP contribution in [0.1, 0.15) is 41.6 Å². The Bertz CT molecular complexity index is 1290. The van der Waals surface area contributed by atoms with Gasteiger partial charge in [0.1, 0.15) is 11.6 Å². The highest BCUT2D eigenvalue weighted by Gasteiger charge is 2.28. The maximum absolute atomic E-state index is 14.3. The summed E-state index contributed by atoms with van der Waals surface area (Å²) in [6.45, 7) is -0.876. The summed E-state index contributed by atoms with van der Waals surface area (Å²) in [5.41, 5.74) is 1.06. The van der Waals surface area contributed by atoms with Crippen molar-refractivity contribution in [3.8, 4) is 0 Å². The summed E-state index contributed by atoms with van der Waals surface area (Å²) in [4.78, 5) is 38.9. The summed E-state index contributed by atoms with van der Waals surface area (Å²) < 4.78 is 59.0. The Morgan fingerprint density at radius 3 is 2.58 bits per heavy atom. The van der Waals surface area contributed by atoms with Crippen LogP contribution in [0, 0.1) is 21.7 Å². The van der Waals surface area contributed by atoms with E-state index in [2.05, 4.69) is 4.84 Å². The minimum atomic E-state index is -4.01. The molecule has 0 radical (unpaired) electrons. The van der Waals surface area contributed by atoms with E-state index >= 15 is 0 Å². The first-order valence-electron chi connectivity index (χ1n) is 10.7. The van der Waals surface area contributed by atoms with Gasteiger partial charge >= 0.3 is 5.97 Å². The van der Waals surface area contributed by atoms with Gasteiger partial charge < -0.3 is 9.57 Å². The topological polar surface area (TPSA) is 133 Å². The normalized spacial score (nSPS) is 12.8. The van der Waals surface area contributed by atoms with E-state index < -0.39 is 39.4 Å². The number of carbonyl (C=O) groups excluding carboxylic acids is 2. The lowest BCUT2D eigenvalue weighted by Crippen LogP contribution is -2.34. The Kier molecular flexibility index (Phi) is 8.84. The number of sulfonamides is 1. The third-order valence-corrected chi connectivity index (χ3v) is 7.40. The molecule has 36 heavy (non-hydrogen) atoms. The SMILES string of the molecule is CS(=O)(=O)N(COC(=O)CCCCO[N+](=O)[O-])c1cc2c(cc1Sc1ccc(F)cc1F)C(=O)CC2. The number of hydrogen-bond donors (Lipinski definition) is 0. The van der Waals surface area contributed by atoms with Crippen LogP contribution in [0.3, 0.4) is 0 Å². The fourth-order valence-corrected chi connectivity index (χ4v) is 5.26. The second-order valence-electron chi connectivity index (χ2n) is 7.85. The number of unbranched alkanes of at least 4 members (excludes halogenated alkanes) is 1. The zero-order valence-corrected chi connectivity index (χ0v) is 20.7. The van der Waals surface area contributed by atoms with E-state index in [1.807, 2.05) is 0 Å². The van der Waals surface area contributed by atoms with Crippen LogP contribution in [0.25, 0.3) is 0 Å². The number of ketones is 1. The van der Waals surface area contributed by atoms with Crippen molar-refractivity contribution in [2.45, 2.75) is 41.9 Å². The number of rotatable bonds is 12. The van der Waals surface area contributed by atoms with Crippen molar-refractivity contribution in [3.63, 3.8) is 0 Å². The van der Waals surface area contributed by atoms with E-state index in [0.29, 0.717) is 23.6 Å². The van der Waals surface area contributed by atoms with Gasteiger partial charge in [-0.2, -0.15) is 0 Å². The number of esters is 1. The Hall–Kier alpha value is -3.26. The third kappa shape index (κ3) is 7.13. The van der Waals surface area contributed by atoms with E-state index in [1.54, 1.807) is 0 Å². The molecule has 2 aromatic rings. The second-order valence-corrected chi connectivity index (χ2v) is 10.8. The quantitative estimate of drug-likeness (QED) is 0.128. The molecule has 0 amide bonds. The molecule has 1 aliphatic carbocycles. The van der Waals surface area contributed by atoms with Crippen LogP contribution < -0.4 is 4.31 Å². The Labute approximate surface area is 209 Å². The van der Waals surface area contributed by atoms with E-state index in [0.717, 1.165) is 28.4 Å². The zero-order chi connectivity index (χ0) is 26.5. The van der Waals surface area contributed by atoms with Gasteiger partial charge in [0, 0.05) is 34.3 Å². The first-order valence-corrected chi connectivity index (χ1v) is 13.4. The number of halogens is 2. The van der Waals surface area contributed by atoms with Crippen LogP contribution in [0.4, 0.5) is 14.5 Å². The van der Waals surface area contributed by atoms with Gasteiger partial charge in [0.2, 0.25) is 10.0 Å². The number of fused-ring (bicyclic) bond motifs is 1. The van der Waals surface area contributed by atoms with Crippen molar-refractivity contribution >= 4 is 39.2 Å². The van der Waals surface area contributed by atoms with E-state index in [9.17, 15) is 36.9 Å². The average molecular weight is 545 g/mol. The Morgan fingerprint density at radius 1 is 1.17 bits per heavy atom. The standard InChI is InChI=1S/C22H22F2N2O8S2/c1-36(31,32)25(13-33-22(28)4-2-3-9-34-26(29)30)18-10-14-5-7-19(27)16(14)12-21(18)35-20-8-6-15(23)11-17(20)24/h6,8,10-12H,2-5,7,9,13H2,1H3. The van der Waals surface area contributed by atoms with E-state index in [-0.39, 0.29) is 53.6 Å². The molecule has 0 atom stereocenters. The molecule has 1 aliphatic rings. The molecule has 0 heterocycles. The number of carbonyl (C=O) groups is 2. The minimum Gasteiger partial charge on any atom is -0.443 e. The monoisotopic (exact) mass is 544 g/mol. The molecule has 0 spiro atoms. The third-order valence-electron chi connectivity index (χ3n) is 5.20. The van der Waals surface area contributed by atoms with E-state index in [4.69, 9.17) is 4.74 Å². The van der Waals surface area contributed by atoms with Crippen molar-refractivity contribution in [1.29, 1.82) is 0 Å². The molecule has 14 heteroatoms. The van der Waals surface area contributed by atoms with Crippen LogP contribution in [-0.2, 0) is 30.8 Å². The van der Waals surface area contributed by atoms with Crippen LogP contribution in [0.5, 0.6) is 0 Å². The van der Waals surface area contributed by atoms with Gasteiger partial charge in [0.15, 0.2) is 12.5 Å². The fourth-order valence-electron chi connectivity index (χ4n) is 3.47. The summed E-state index contributed by atoms with van der Waals surface area (Å²) in [5.74, 6) is -2.52. The number of aryl methyl sites for hydroxylation is 1. The van der Waals surface area contributed by atoms with Crippen molar-refractivity contribution in [1.82, 2.24) is 0 Å². The highest BCUT2D eigenvalue weighted by atomic mass is 32.2. The summed E-state index contributed by atoms with van der Waals surface area (Å²) in [6, 6.07) is 5.89. The molecule has 0 saturated heterocycles. The number of benzene rings is 2. The van der Waals surface area contributed by atoms with Crippen molar-refractivity contribution in [2.75, 3.05) is 23.9 Å². The molecule has 2 aromatic carbocycles. The van der Waals surface area contributed by atoms with Crippen LogP contribution in [0.15, 0.2) is 40.1 Å². The maximum atomic E-state index is 14.3. The molecule has 0 aromatic heterocycles. The summed E-state index contributed by atoms with van der Waals surface area (Å²) in [6.07, 6.45) is 1.84. The van der Waals surface area contributed by atoms with Crippen molar-refractivity contribution in [3.05, 3.63) is 63.2 Å². The number of hydrogen-bond acceptors (Lipinski definition) is 9. The smallest absolute Gasteiger partial charge is 0.307 e. The molecular formula is C22H22F2N2O8S2. The molecule has 0 aliphatic heterocycles. The average Bonchev–Trinajstić information content (AvgIpc) is 3.14. The first kappa shape index (κ1) is 27.3. The lowest BCUT2D eigenvalue weighted by Gasteiger charge is -2.25. The van der Waals surface area contributed by atoms with Gasteiger partial charge in [-0.15, -0.1) is 10.1 Å². The van der Waals surface area contributed by atoms with Gasteiger partial charge in [-0.3, -0.25) is 9.59 Å². The highest BCUT2D eigenvalue weighted by molar-refractivity contribution is 7.99. The predicted octanol–water partition coefficient (Wildman–Crippen LogP) is 3.89. The van der Waals surface area contributed by atoms with Crippen LogP contribution >= 0.6 is 11.8 Å².